The van der Waals surface area contributed by atoms with Crippen molar-refractivity contribution in [1.82, 2.24) is 0 Å². The van der Waals surface area contributed by atoms with Crippen LogP contribution in [0.5, 0.6) is 5.75 Å². The maximum atomic E-state index is 12.6. The first kappa shape index (κ1) is 10.2. The molecule has 76 valence electrons. The van der Waals surface area contributed by atoms with Crippen molar-refractivity contribution in [3.05, 3.63) is 33.4 Å². The number of nitro benzene ring substituents is 1. The van der Waals surface area contributed by atoms with Gasteiger partial charge in [0, 0.05) is 0 Å². The number of phenols is 1. The molecule has 0 atom stereocenters. The van der Waals surface area contributed by atoms with Gasteiger partial charge in [0.15, 0.2) is 0 Å². The van der Waals surface area contributed by atoms with E-state index in [0.29, 0.717) is 0 Å². The quantitative estimate of drug-likeness (QED) is 0.253. The van der Waals surface area contributed by atoms with Crippen LogP contribution >= 0.6 is 0 Å². The van der Waals surface area contributed by atoms with E-state index in [4.69, 9.17) is 5.11 Å². The Morgan fingerprint density at radius 2 is 1.43 bits per heavy atom. The van der Waals surface area contributed by atoms with Crippen molar-refractivity contribution in [1.29, 1.82) is 0 Å². The minimum Gasteiger partial charge on any atom is -0.500 e. The van der Waals surface area contributed by atoms with Crippen molar-refractivity contribution in [2.24, 2.45) is 0 Å². The van der Waals surface area contributed by atoms with Crippen molar-refractivity contribution in [3.8, 4) is 5.75 Å². The van der Waals surface area contributed by atoms with Crippen LogP contribution in [0.25, 0.3) is 0 Å². The lowest BCUT2D eigenvalue weighted by Crippen LogP contribution is -2.02. The number of hydrogen-bond donors (Lipinski definition) is 1. The van der Waals surface area contributed by atoms with E-state index in [1.807, 2.05) is 0 Å². The molecule has 0 amide bonds. The molecule has 1 N–H and O–H groups in total. The highest BCUT2D eigenvalue weighted by molar-refractivity contribution is 5.48. The number of phenolic OH excluding ortho intramolecular Hbond substituents is 1. The second-order valence-electron chi connectivity index (χ2n) is 2.21. The van der Waals surface area contributed by atoms with Crippen LogP contribution < -0.4 is 0 Å². The maximum Gasteiger partial charge on any atom is 0.352 e. The van der Waals surface area contributed by atoms with E-state index in [2.05, 4.69) is 0 Å². The van der Waals surface area contributed by atoms with E-state index in [1.54, 1.807) is 0 Å². The maximum absolute atomic E-state index is 12.6. The molecular formula is C6HF4NO3. The largest absolute Gasteiger partial charge is 0.500 e. The second kappa shape index (κ2) is 3.13. The van der Waals surface area contributed by atoms with Gasteiger partial charge in [-0.3, -0.25) is 10.1 Å². The summed E-state index contributed by atoms with van der Waals surface area (Å²) in [7, 11) is 0. The summed E-state index contributed by atoms with van der Waals surface area (Å²) < 4.78 is 49.7. The van der Waals surface area contributed by atoms with Crippen LogP contribution in [-0.4, -0.2) is 10.0 Å². The zero-order valence-electron chi connectivity index (χ0n) is 6.22. The lowest BCUT2D eigenvalue weighted by Gasteiger charge is -2.01. The zero-order valence-corrected chi connectivity index (χ0v) is 6.22. The molecule has 0 aliphatic rings. The molecule has 0 radical (unpaired) electrons. The number of rotatable bonds is 1. The molecule has 1 rings (SSSR count). The van der Waals surface area contributed by atoms with Gasteiger partial charge in [-0.25, -0.2) is 8.78 Å². The third kappa shape index (κ3) is 1.24. The van der Waals surface area contributed by atoms with Gasteiger partial charge in [-0.1, -0.05) is 0 Å². The van der Waals surface area contributed by atoms with Crippen LogP contribution in [0, 0.1) is 33.4 Å². The Bertz CT molecular complexity index is 391. The molecule has 0 aliphatic heterocycles. The molecule has 0 saturated carbocycles. The SMILES string of the molecule is O=[N+]([O-])c1c(O)c(F)c(F)c(F)c1F. The highest BCUT2D eigenvalue weighted by atomic mass is 19.2. The zero-order chi connectivity index (χ0) is 11.0. The molecule has 0 spiro atoms. The Labute approximate surface area is 73.5 Å². The monoisotopic (exact) mass is 211 g/mol. The summed E-state index contributed by atoms with van der Waals surface area (Å²) in [5.41, 5.74) is -1.83. The molecular weight excluding hydrogens is 210 g/mol. The van der Waals surface area contributed by atoms with Crippen LogP contribution in [0.15, 0.2) is 0 Å². The van der Waals surface area contributed by atoms with Crippen LogP contribution in [0.2, 0.25) is 0 Å². The Balaban J connectivity index is 3.68. The van der Waals surface area contributed by atoms with Gasteiger partial charge in [-0.2, -0.15) is 8.78 Å². The minimum absolute atomic E-state index is 1.56. The average molecular weight is 211 g/mol. The molecule has 1 aromatic carbocycles. The predicted octanol–water partition coefficient (Wildman–Crippen LogP) is 1.86. The van der Waals surface area contributed by atoms with Crippen molar-refractivity contribution in [2.75, 3.05) is 0 Å². The highest BCUT2D eigenvalue weighted by Crippen LogP contribution is 2.35. The first-order valence-electron chi connectivity index (χ1n) is 3.07. The van der Waals surface area contributed by atoms with Gasteiger partial charge >= 0.3 is 5.69 Å². The van der Waals surface area contributed by atoms with Crippen LogP contribution in [0.3, 0.4) is 0 Å². The first-order chi connectivity index (χ1) is 6.37. The Hall–Kier alpha value is -1.86. The summed E-state index contributed by atoms with van der Waals surface area (Å²) in [5.74, 6) is -11.0. The number of hydrogen-bond acceptors (Lipinski definition) is 3. The fraction of sp³-hybridized carbons (Fsp3) is 0. The van der Waals surface area contributed by atoms with Gasteiger partial charge < -0.3 is 5.11 Å². The molecule has 0 bridgehead atoms. The molecule has 0 aliphatic carbocycles. The molecule has 14 heavy (non-hydrogen) atoms. The molecule has 8 heteroatoms. The standard InChI is InChI=1S/C6HF4NO3/c7-1-2(8)4(10)6(12)5(3(1)9)11(13)14/h12H. The van der Waals surface area contributed by atoms with Gasteiger partial charge in [-0.05, 0) is 0 Å². The predicted molar refractivity (Wildman–Crippen MR) is 34.6 cm³/mol. The lowest BCUT2D eigenvalue weighted by molar-refractivity contribution is -0.389. The van der Waals surface area contributed by atoms with E-state index in [0.717, 1.165) is 0 Å². The lowest BCUT2D eigenvalue weighted by atomic mass is 10.2. The smallest absolute Gasteiger partial charge is 0.352 e. The van der Waals surface area contributed by atoms with Crippen LogP contribution in [0.4, 0.5) is 23.2 Å². The number of halogens is 4. The van der Waals surface area contributed by atoms with Gasteiger partial charge in [0.05, 0.1) is 4.92 Å². The number of aromatic hydroxyl groups is 1. The minimum atomic E-state index is -2.34. The topological polar surface area (TPSA) is 63.4 Å². The van der Waals surface area contributed by atoms with Crippen molar-refractivity contribution < 1.29 is 27.6 Å². The van der Waals surface area contributed by atoms with Crippen molar-refractivity contribution in [3.63, 3.8) is 0 Å². The number of nitro groups is 1. The first-order valence-corrected chi connectivity index (χ1v) is 3.07. The molecule has 0 aromatic heterocycles. The van der Waals surface area contributed by atoms with Crippen LogP contribution in [-0.2, 0) is 0 Å². The molecule has 4 nitrogen and oxygen atoms in total. The van der Waals surface area contributed by atoms with E-state index in [9.17, 15) is 27.7 Å². The van der Waals surface area contributed by atoms with E-state index in [-0.39, 0.29) is 0 Å². The fourth-order valence-electron chi connectivity index (χ4n) is 0.775. The summed E-state index contributed by atoms with van der Waals surface area (Å²) in [5, 5.41) is 18.6. The fourth-order valence-corrected chi connectivity index (χ4v) is 0.775. The van der Waals surface area contributed by atoms with Gasteiger partial charge in [0.1, 0.15) is 0 Å². The molecule has 0 unspecified atom stereocenters. The number of nitrogens with zero attached hydrogens (tertiary/aromatic N) is 1. The Morgan fingerprint density at radius 3 is 1.86 bits per heavy atom. The van der Waals surface area contributed by atoms with Crippen LogP contribution in [0.1, 0.15) is 0 Å². The molecule has 0 fully saturated rings. The Morgan fingerprint density at radius 1 is 1.00 bits per heavy atom. The van der Waals surface area contributed by atoms with Gasteiger partial charge in [-0.15, -0.1) is 0 Å². The summed E-state index contributed by atoms with van der Waals surface area (Å²) in [6.45, 7) is 0. The van der Waals surface area contributed by atoms with Crippen molar-refractivity contribution >= 4 is 5.69 Å². The average Bonchev–Trinajstić information content (AvgIpc) is 2.11. The van der Waals surface area contributed by atoms with E-state index >= 15 is 0 Å². The number of benzene rings is 1. The third-order valence-corrected chi connectivity index (χ3v) is 1.40. The Kier molecular flexibility index (Phi) is 2.28. The van der Waals surface area contributed by atoms with Gasteiger partial charge in [0.2, 0.25) is 29.0 Å². The highest BCUT2D eigenvalue weighted by Gasteiger charge is 2.32. The molecule has 0 saturated heterocycles. The third-order valence-electron chi connectivity index (χ3n) is 1.40. The van der Waals surface area contributed by atoms with E-state index in [1.165, 1.54) is 0 Å². The van der Waals surface area contributed by atoms with Crippen molar-refractivity contribution in [2.45, 2.75) is 0 Å². The molecule has 0 heterocycles. The van der Waals surface area contributed by atoms with Gasteiger partial charge in [0.25, 0.3) is 0 Å². The summed E-state index contributed by atoms with van der Waals surface area (Å²) in [6, 6.07) is 0. The summed E-state index contributed by atoms with van der Waals surface area (Å²) >= 11 is 0. The molecule has 1 aromatic rings. The summed E-state index contributed by atoms with van der Waals surface area (Å²) in [4.78, 5) is 8.45. The van der Waals surface area contributed by atoms with E-state index < -0.39 is 39.6 Å². The summed E-state index contributed by atoms with van der Waals surface area (Å²) in [6.07, 6.45) is 0. The normalized spacial score (nSPS) is 10.3. The second-order valence-corrected chi connectivity index (χ2v) is 2.21.